The van der Waals surface area contributed by atoms with E-state index in [2.05, 4.69) is 30.1 Å². The summed E-state index contributed by atoms with van der Waals surface area (Å²) < 4.78 is 14.3. The van der Waals surface area contributed by atoms with Crippen LogP contribution >= 0.6 is 0 Å². The van der Waals surface area contributed by atoms with E-state index in [0.29, 0.717) is 32.0 Å². The molecule has 0 saturated heterocycles. The van der Waals surface area contributed by atoms with Crippen molar-refractivity contribution < 1.29 is 19.4 Å². The predicted molar refractivity (Wildman–Crippen MR) is 121 cm³/mol. The van der Waals surface area contributed by atoms with Gasteiger partial charge in [-0.15, -0.1) is 0 Å². The lowest BCUT2D eigenvalue weighted by atomic mass is 10.0. The van der Waals surface area contributed by atoms with Gasteiger partial charge in [-0.1, -0.05) is 19.6 Å². The van der Waals surface area contributed by atoms with Gasteiger partial charge in [0.2, 0.25) is 5.56 Å². The Morgan fingerprint density at radius 2 is 2.10 bits per heavy atom. The standard InChI is InChI=1S/C21H32N4O5Si/c1-24-13-16(6-8-20(24)26)22-19-12-18(15-5-7-17(11-15)30-21(27)28)25(23-19)14-29-9-10-31(2,3)4/h6,8,12-13,15,17H,5,7,9-11,14H2,1-4H3,(H,22,23)(H,27,28). The van der Waals surface area contributed by atoms with Crippen LogP contribution in [0.25, 0.3) is 0 Å². The number of aryl methyl sites for hydroxylation is 1. The number of anilines is 2. The molecular formula is C21H32N4O5Si. The fraction of sp³-hybridized carbons (Fsp3) is 0.571. The van der Waals surface area contributed by atoms with Gasteiger partial charge in [-0.05, 0) is 31.4 Å². The van der Waals surface area contributed by atoms with E-state index in [4.69, 9.17) is 14.6 Å². The molecule has 3 rings (SSSR count). The van der Waals surface area contributed by atoms with Gasteiger partial charge >= 0.3 is 6.16 Å². The van der Waals surface area contributed by atoms with Gasteiger partial charge in [-0.2, -0.15) is 5.10 Å². The lowest BCUT2D eigenvalue weighted by molar-refractivity contribution is 0.0534. The van der Waals surface area contributed by atoms with Crippen molar-refractivity contribution in [3.8, 4) is 0 Å². The number of hydrogen-bond donors (Lipinski definition) is 2. The van der Waals surface area contributed by atoms with Gasteiger partial charge in [-0.3, -0.25) is 4.79 Å². The van der Waals surface area contributed by atoms with Crippen LogP contribution in [0.2, 0.25) is 25.7 Å². The van der Waals surface area contributed by atoms with E-state index < -0.39 is 14.2 Å². The third-order valence-electron chi connectivity index (χ3n) is 5.45. The number of pyridine rings is 1. The van der Waals surface area contributed by atoms with Gasteiger partial charge < -0.3 is 24.5 Å². The summed E-state index contributed by atoms with van der Waals surface area (Å²) in [6.45, 7) is 7.97. The van der Waals surface area contributed by atoms with Crippen LogP contribution in [0, 0.1) is 0 Å². The topological polar surface area (TPSA) is 108 Å². The van der Waals surface area contributed by atoms with Crippen molar-refractivity contribution in [2.75, 3.05) is 11.9 Å². The monoisotopic (exact) mass is 448 g/mol. The van der Waals surface area contributed by atoms with Gasteiger partial charge in [0.25, 0.3) is 0 Å². The zero-order valence-corrected chi connectivity index (χ0v) is 19.6. The number of nitrogens with zero attached hydrogens (tertiary/aromatic N) is 3. The first kappa shape index (κ1) is 23.1. The third-order valence-corrected chi connectivity index (χ3v) is 7.15. The van der Waals surface area contributed by atoms with Crippen LogP contribution in [0.1, 0.15) is 30.9 Å². The molecule has 1 fully saturated rings. The van der Waals surface area contributed by atoms with Crippen LogP contribution in [0.4, 0.5) is 16.3 Å². The molecule has 2 aromatic rings. The van der Waals surface area contributed by atoms with Crippen LogP contribution < -0.4 is 10.9 Å². The minimum atomic E-state index is -1.23. The molecule has 1 aliphatic rings. The average molecular weight is 449 g/mol. The molecule has 0 aliphatic heterocycles. The van der Waals surface area contributed by atoms with E-state index in [9.17, 15) is 9.59 Å². The maximum Gasteiger partial charge on any atom is 0.506 e. The molecule has 9 nitrogen and oxygen atoms in total. The first-order valence-electron chi connectivity index (χ1n) is 10.6. The van der Waals surface area contributed by atoms with Gasteiger partial charge in [0.15, 0.2) is 5.82 Å². The first-order chi connectivity index (χ1) is 14.6. The van der Waals surface area contributed by atoms with E-state index in [-0.39, 0.29) is 17.6 Å². The first-order valence-corrected chi connectivity index (χ1v) is 14.3. The van der Waals surface area contributed by atoms with E-state index >= 15 is 0 Å². The maximum absolute atomic E-state index is 11.6. The second-order valence-corrected chi connectivity index (χ2v) is 14.9. The number of rotatable bonds is 9. The molecule has 10 heteroatoms. The molecule has 170 valence electrons. The molecule has 2 aromatic heterocycles. The molecule has 0 bridgehead atoms. The Balaban J connectivity index is 1.75. The van der Waals surface area contributed by atoms with E-state index in [1.807, 2.05) is 10.7 Å². The molecule has 2 heterocycles. The lowest BCUT2D eigenvalue weighted by Gasteiger charge is -2.17. The van der Waals surface area contributed by atoms with Crippen LogP contribution in [-0.2, 0) is 23.3 Å². The third kappa shape index (κ3) is 6.69. The Kier molecular flexibility index (Phi) is 7.21. The summed E-state index contributed by atoms with van der Waals surface area (Å²) in [7, 11) is 0.517. The number of ether oxygens (including phenoxy) is 2. The average Bonchev–Trinajstić information content (AvgIpc) is 3.27. The van der Waals surface area contributed by atoms with Gasteiger partial charge in [0.05, 0.1) is 5.69 Å². The van der Waals surface area contributed by atoms with Crippen LogP contribution in [-0.4, -0.2) is 46.4 Å². The minimum Gasteiger partial charge on any atom is -0.450 e. The molecule has 0 spiro atoms. The number of aromatic nitrogens is 3. The summed E-state index contributed by atoms with van der Waals surface area (Å²) in [5.41, 5.74) is 1.68. The summed E-state index contributed by atoms with van der Waals surface area (Å²) in [6.07, 6.45) is 2.36. The Hall–Kier alpha value is -2.59. The second-order valence-electron chi connectivity index (χ2n) is 9.31. The number of carbonyl (C=O) groups is 1. The van der Waals surface area contributed by atoms with Crippen molar-refractivity contribution in [2.45, 2.75) is 63.7 Å². The highest BCUT2D eigenvalue weighted by molar-refractivity contribution is 6.76. The van der Waals surface area contributed by atoms with Gasteiger partial charge in [0, 0.05) is 51.7 Å². The summed E-state index contributed by atoms with van der Waals surface area (Å²) in [5, 5.41) is 16.8. The molecule has 1 aliphatic carbocycles. The second kappa shape index (κ2) is 9.69. The Morgan fingerprint density at radius 1 is 1.32 bits per heavy atom. The maximum atomic E-state index is 11.6. The van der Waals surface area contributed by atoms with Crippen LogP contribution in [0.3, 0.4) is 0 Å². The van der Waals surface area contributed by atoms with Crippen LogP contribution in [0.15, 0.2) is 29.2 Å². The number of carboxylic acid groups (broad SMARTS) is 1. The zero-order chi connectivity index (χ0) is 22.6. The molecule has 2 N–H and O–H groups in total. The Bertz CT molecular complexity index is 965. The Labute approximate surface area is 183 Å². The highest BCUT2D eigenvalue weighted by Gasteiger charge is 2.31. The largest absolute Gasteiger partial charge is 0.506 e. The van der Waals surface area contributed by atoms with Crippen molar-refractivity contribution in [3.05, 3.63) is 40.4 Å². The molecule has 0 radical (unpaired) electrons. The number of nitrogens with one attached hydrogen (secondary N) is 1. The summed E-state index contributed by atoms with van der Waals surface area (Å²) in [6, 6.07) is 6.27. The molecular weight excluding hydrogens is 416 g/mol. The molecule has 2 unspecified atom stereocenters. The van der Waals surface area contributed by atoms with Crippen molar-refractivity contribution in [1.29, 1.82) is 0 Å². The highest BCUT2D eigenvalue weighted by atomic mass is 28.3. The molecule has 31 heavy (non-hydrogen) atoms. The highest BCUT2D eigenvalue weighted by Crippen LogP contribution is 2.37. The molecule has 0 aromatic carbocycles. The minimum absolute atomic E-state index is 0.0806. The van der Waals surface area contributed by atoms with Gasteiger partial charge in [-0.25, -0.2) is 9.48 Å². The smallest absolute Gasteiger partial charge is 0.450 e. The van der Waals surface area contributed by atoms with E-state index in [1.54, 1.807) is 19.3 Å². The normalized spacial score (nSPS) is 18.8. The van der Waals surface area contributed by atoms with Crippen molar-refractivity contribution in [1.82, 2.24) is 14.3 Å². The zero-order valence-electron chi connectivity index (χ0n) is 18.6. The van der Waals surface area contributed by atoms with E-state index in [1.165, 1.54) is 10.6 Å². The SMILES string of the molecule is Cn1cc(Nc2cc(C3CCC(OC(=O)O)C3)n(COCC[Si](C)(C)C)n2)ccc1=O. The number of hydrogen-bond acceptors (Lipinski definition) is 6. The summed E-state index contributed by atoms with van der Waals surface area (Å²) in [5.74, 6) is 0.804. The summed E-state index contributed by atoms with van der Waals surface area (Å²) >= 11 is 0. The molecule has 2 atom stereocenters. The van der Waals surface area contributed by atoms with Crippen molar-refractivity contribution >= 4 is 25.7 Å². The molecule has 1 saturated carbocycles. The van der Waals surface area contributed by atoms with Crippen LogP contribution in [0.5, 0.6) is 0 Å². The quantitative estimate of drug-likeness (QED) is 0.339. The predicted octanol–water partition coefficient (Wildman–Crippen LogP) is 3.97. The lowest BCUT2D eigenvalue weighted by Crippen LogP contribution is -2.22. The fourth-order valence-electron chi connectivity index (χ4n) is 3.73. The van der Waals surface area contributed by atoms with Crippen molar-refractivity contribution in [2.24, 2.45) is 7.05 Å². The Morgan fingerprint density at radius 3 is 2.77 bits per heavy atom. The van der Waals surface area contributed by atoms with E-state index in [0.717, 1.165) is 23.8 Å². The fourth-order valence-corrected chi connectivity index (χ4v) is 4.48. The van der Waals surface area contributed by atoms with Crippen molar-refractivity contribution in [3.63, 3.8) is 0 Å². The molecule has 0 amide bonds. The summed E-state index contributed by atoms with van der Waals surface area (Å²) in [4.78, 5) is 22.5. The van der Waals surface area contributed by atoms with Gasteiger partial charge in [0.1, 0.15) is 12.8 Å².